The van der Waals surface area contributed by atoms with Crippen molar-refractivity contribution in [1.82, 2.24) is 14.8 Å². The fourth-order valence-electron chi connectivity index (χ4n) is 6.14. The number of pyridine rings is 1. The van der Waals surface area contributed by atoms with Crippen LogP contribution in [-0.4, -0.2) is 66.1 Å². The Kier molecular flexibility index (Phi) is 7.85. The number of carbonyl (C=O) groups is 2. The number of benzene rings is 1. The van der Waals surface area contributed by atoms with Gasteiger partial charge in [0.25, 0.3) is 0 Å². The van der Waals surface area contributed by atoms with E-state index in [0.29, 0.717) is 18.4 Å². The summed E-state index contributed by atoms with van der Waals surface area (Å²) in [6.45, 7) is 4.54. The number of rotatable bonds is 7. The molecule has 7 heteroatoms. The van der Waals surface area contributed by atoms with Crippen LogP contribution in [0.1, 0.15) is 55.2 Å². The number of amides is 2. The number of esters is 1. The molecule has 0 N–H and O–H groups in total. The molecule has 0 radical (unpaired) electrons. The molecule has 1 aliphatic carbocycles. The Morgan fingerprint density at radius 2 is 1.83 bits per heavy atom. The molecule has 192 valence electrons. The lowest BCUT2D eigenvalue weighted by Gasteiger charge is -2.34. The largest absolute Gasteiger partial charge is 0.469 e. The van der Waals surface area contributed by atoms with Gasteiger partial charge in [-0.3, -0.25) is 19.6 Å². The van der Waals surface area contributed by atoms with Gasteiger partial charge in [-0.25, -0.2) is 4.79 Å². The van der Waals surface area contributed by atoms with Crippen molar-refractivity contribution in [3.8, 4) is 0 Å². The molecule has 0 bridgehead atoms. The van der Waals surface area contributed by atoms with Gasteiger partial charge < -0.3 is 9.64 Å². The van der Waals surface area contributed by atoms with E-state index >= 15 is 0 Å². The molecular formula is C29H38N4O3. The number of urea groups is 1. The lowest BCUT2D eigenvalue weighted by atomic mass is 9.83. The number of methoxy groups -OCH3 is 1. The highest BCUT2D eigenvalue weighted by atomic mass is 16.5. The second kappa shape index (κ2) is 11.4. The maximum absolute atomic E-state index is 13.4. The minimum Gasteiger partial charge on any atom is -0.469 e. The smallest absolute Gasteiger partial charge is 0.324 e. The third-order valence-corrected chi connectivity index (χ3v) is 8.31. The first-order valence-electron chi connectivity index (χ1n) is 13.5. The number of anilines is 1. The van der Waals surface area contributed by atoms with Gasteiger partial charge in [-0.1, -0.05) is 12.1 Å². The highest BCUT2D eigenvalue weighted by molar-refractivity contribution is 5.94. The summed E-state index contributed by atoms with van der Waals surface area (Å²) in [5, 5.41) is 0. The van der Waals surface area contributed by atoms with E-state index in [9.17, 15) is 9.59 Å². The van der Waals surface area contributed by atoms with Gasteiger partial charge in [0.15, 0.2) is 0 Å². The second-order valence-electron chi connectivity index (χ2n) is 10.5. The Morgan fingerprint density at radius 1 is 1.03 bits per heavy atom. The van der Waals surface area contributed by atoms with Crippen molar-refractivity contribution >= 4 is 17.7 Å². The summed E-state index contributed by atoms with van der Waals surface area (Å²) in [5.74, 6) is 0.445. The summed E-state index contributed by atoms with van der Waals surface area (Å²) in [7, 11) is 1.45. The van der Waals surface area contributed by atoms with E-state index < -0.39 is 0 Å². The summed E-state index contributed by atoms with van der Waals surface area (Å²) in [6.07, 6.45) is 11.4. The van der Waals surface area contributed by atoms with Crippen LogP contribution < -0.4 is 4.90 Å². The van der Waals surface area contributed by atoms with Crippen molar-refractivity contribution < 1.29 is 14.3 Å². The van der Waals surface area contributed by atoms with Crippen LogP contribution in [0.25, 0.3) is 0 Å². The Labute approximate surface area is 214 Å². The van der Waals surface area contributed by atoms with Crippen molar-refractivity contribution in [1.29, 1.82) is 0 Å². The fourth-order valence-corrected chi connectivity index (χ4v) is 6.14. The molecule has 7 nitrogen and oxygen atoms in total. The molecule has 3 heterocycles. The average molecular weight is 491 g/mol. The molecule has 0 spiro atoms. The maximum atomic E-state index is 13.4. The number of nitrogens with zero attached hydrogens (tertiary/aromatic N) is 4. The SMILES string of the molecule is COC(=O)CCC1CCC(N2CCN(c3ccc4c(c3)CCN(Cc3cccnc3)CC4)C2=O)CC1. The highest BCUT2D eigenvalue weighted by Gasteiger charge is 2.36. The van der Waals surface area contributed by atoms with Gasteiger partial charge in [-0.05, 0) is 85.8 Å². The normalized spacial score (nSPS) is 22.9. The third-order valence-electron chi connectivity index (χ3n) is 8.31. The average Bonchev–Trinajstić information content (AvgIpc) is 3.19. The van der Waals surface area contributed by atoms with Crippen molar-refractivity contribution in [2.24, 2.45) is 5.92 Å². The maximum Gasteiger partial charge on any atom is 0.324 e. The van der Waals surface area contributed by atoms with Crippen LogP contribution in [0, 0.1) is 5.92 Å². The Hall–Kier alpha value is -2.93. The quantitative estimate of drug-likeness (QED) is 0.537. The van der Waals surface area contributed by atoms with Crippen molar-refractivity contribution in [3.05, 3.63) is 59.4 Å². The number of hydrogen-bond acceptors (Lipinski definition) is 5. The molecule has 2 amide bonds. The van der Waals surface area contributed by atoms with Crippen LogP contribution in [-0.2, 0) is 28.9 Å². The van der Waals surface area contributed by atoms with E-state index in [1.54, 1.807) is 0 Å². The van der Waals surface area contributed by atoms with Gasteiger partial charge in [0, 0.05) is 63.3 Å². The van der Waals surface area contributed by atoms with E-state index in [0.717, 1.165) is 83.4 Å². The molecule has 1 aromatic heterocycles. The molecule has 1 aromatic carbocycles. The molecule has 1 saturated carbocycles. The minimum atomic E-state index is -0.121. The van der Waals surface area contributed by atoms with Gasteiger partial charge in [0.05, 0.1) is 7.11 Å². The van der Waals surface area contributed by atoms with E-state index in [2.05, 4.69) is 39.0 Å². The molecule has 0 atom stereocenters. The van der Waals surface area contributed by atoms with Crippen LogP contribution in [0.5, 0.6) is 0 Å². The molecule has 36 heavy (non-hydrogen) atoms. The van der Waals surface area contributed by atoms with Gasteiger partial charge >= 0.3 is 12.0 Å². The van der Waals surface area contributed by atoms with E-state index in [-0.39, 0.29) is 12.0 Å². The molecule has 2 fully saturated rings. The molecule has 5 rings (SSSR count). The zero-order valence-electron chi connectivity index (χ0n) is 21.4. The van der Waals surface area contributed by atoms with Crippen LogP contribution in [0.4, 0.5) is 10.5 Å². The topological polar surface area (TPSA) is 66.0 Å². The molecule has 1 saturated heterocycles. The summed E-state index contributed by atoms with van der Waals surface area (Å²) in [4.78, 5) is 35.7. The standard InChI is InChI=1S/C29H38N4O3/c1-36-28(34)11-6-22-4-8-26(9-5-22)32-17-18-33(29(32)35)27-10-7-24-12-15-31(16-13-25(24)19-27)21-23-3-2-14-30-20-23/h2-3,7,10,14,19-20,22,26H,4-6,8-9,11-13,15-18,21H2,1H3. The number of carbonyl (C=O) groups excluding carboxylic acids is 2. The van der Waals surface area contributed by atoms with E-state index in [4.69, 9.17) is 4.74 Å². The van der Waals surface area contributed by atoms with E-state index in [1.165, 1.54) is 23.8 Å². The van der Waals surface area contributed by atoms with Crippen molar-refractivity contribution in [3.63, 3.8) is 0 Å². The number of ether oxygens (including phenoxy) is 1. The predicted molar refractivity (Wildman–Crippen MR) is 140 cm³/mol. The van der Waals surface area contributed by atoms with Crippen LogP contribution in [0.2, 0.25) is 0 Å². The summed E-state index contributed by atoms with van der Waals surface area (Å²) in [5.41, 5.74) is 5.07. The predicted octanol–water partition coefficient (Wildman–Crippen LogP) is 4.44. The molecule has 2 aromatic rings. The summed E-state index contributed by atoms with van der Waals surface area (Å²) >= 11 is 0. The minimum absolute atomic E-state index is 0.121. The van der Waals surface area contributed by atoms with Gasteiger partial charge in [-0.15, -0.1) is 0 Å². The van der Waals surface area contributed by atoms with Crippen molar-refractivity contribution in [2.45, 2.75) is 64.0 Å². The first-order chi connectivity index (χ1) is 17.6. The number of hydrogen-bond donors (Lipinski definition) is 0. The molecular weight excluding hydrogens is 452 g/mol. The summed E-state index contributed by atoms with van der Waals surface area (Å²) < 4.78 is 4.78. The number of fused-ring (bicyclic) bond motifs is 1. The number of aromatic nitrogens is 1. The molecule has 2 aliphatic heterocycles. The van der Waals surface area contributed by atoms with Crippen LogP contribution in [0.15, 0.2) is 42.7 Å². The lowest BCUT2D eigenvalue weighted by molar-refractivity contribution is -0.141. The Balaban J connectivity index is 1.16. The Morgan fingerprint density at radius 3 is 2.58 bits per heavy atom. The van der Waals surface area contributed by atoms with Gasteiger partial charge in [0.2, 0.25) is 0 Å². The van der Waals surface area contributed by atoms with Crippen LogP contribution in [0.3, 0.4) is 0 Å². The molecule has 3 aliphatic rings. The zero-order valence-corrected chi connectivity index (χ0v) is 21.4. The first-order valence-corrected chi connectivity index (χ1v) is 13.5. The zero-order chi connectivity index (χ0) is 24.9. The van der Waals surface area contributed by atoms with Crippen molar-refractivity contribution in [2.75, 3.05) is 38.2 Å². The lowest BCUT2D eigenvalue weighted by Crippen LogP contribution is -2.41. The van der Waals surface area contributed by atoms with Gasteiger partial charge in [-0.2, -0.15) is 0 Å². The monoisotopic (exact) mass is 490 g/mol. The van der Waals surface area contributed by atoms with E-state index in [1.807, 2.05) is 23.4 Å². The molecule has 0 unspecified atom stereocenters. The van der Waals surface area contributed by atoms with Gasteiger partial charge in [0.1, 0.15) is 0 Å². The highest BCUT2D eigenvalue weighted by Crippen LogP contribution is 2.34. The first kappa shape index (κ1) is 24.8. The fraction of sp³-hybridized carbons (Fsp3) is 0.552. The van der Waals surface area contributed by atoms with Crippen LogP contribution >= 0.6 is 0 Å². The third kappa shape index (κ3) is 5.72. The summed E-state index contributed by atoms with van der Waals surface area (Å²) in [6, 6.07) is 11.2. The second-order valence-corrected chi connectivity index (χ2v) is 10.5. The Bertz CT molecular complexity index is 1050.